The van der Waals surface area contributed by atoms with Gasteiger partial charge in [0.2, 0.25) is 0 Å². The number of quaternary nitrogens is 1. The standard InChI is InChI=1S/C14H18ClFN2O/c1-10-3-2-6-18(8-10)9-14(19)17-13-5-4-11(16)7-12(13)15/h4-5,7,10H,2-3,6,8-9H2,1H3,(H,17,19)/p+1/t10-/m0/s1. The second-order valence-corrected chi connectivity index (χ2v) is 5.71. The fourth-order valence-electron chi connectivity index (χ4n) is 2.57. The van der Waals surface area contributed by atoms with E-state index in [1.54, 1.807) is 0 Å². The average molecular weight is 286 g/mol. The first-order valence-corrected chi connectivity index (χ1v) is 7.01. The van der Waals surface area contributed by atoms with Crippen molar-refractivity contribution < 1.29 is 14.1 Å². The predicted molar refractivity (Wildman–Crippen MR) is 74.0 cm³/mol. The number of nitrogens with one attached hydrogen (secondary N) is 2. The van der Waals surface area contributed by atoms with Crippen LogP contribution in [0.4, 0.5) is 10.1 Å². The highest BCUT2D eigenvalue weighted by Gasteiger charge is 2.22. The Bertz CT molecular complexity index is 467. The Hall–Kier alpha value is -1.13. The van der Waals surface area contributed by atoms with Crippen LogP contribution in [0, 0.1) is 11.7 Å². The maximum Gasteiger partial charge on any atom is 0.279 e. The molecule has 5 heteroatoms. The van der Waals surface area contributed by atoms with Gasteiger partial charge in [-0.1, -0.05) is 18.5 Å². The number of rotatable bonds is 3. The molecule has 1 aromatic carbocycles. The van der Waals surface area contributed by atoms with Crippen LogP contribution in [0.25, 0.3) is 0 Å². The van der Waals surface area contributed by atoms with Gasteiger partial charge in [0.05, 0.1) is 23.8 Å². The zero-order chi connectivity index (χ0) is 13.8. The molecule has 0 aromatic heterocycles. The Morgan fingerprint density at radius 2 is 2.37 bits per heavy atom. The largest absolute Gasteiger partial charge is 0.327 e. The van der Waals surface area contributed by atoms with Gasteiger partial charge in [-0.2, -0.15) is 0 Å². The molecule has 1 unspecified atom stereocenters. The van der Waals surface area contributed by atoms with Crippen molar-refractivity contribution in [3.05, 3.63) is 29.0 Å². The number of halogens is 2. The van der Waals surface area contributed by atoms with E-state index < -0.39 is 5.82 Å². The molecule has 1 heterocycles. The third-order valence-electron chi connectivity index (χ3n) is 3.48. The minimum Gasteiger partial charge on any atom is -0.327 e. The highest BCUT2D eigenvalue weighted by molar-refractivity contribution is 6.33. The summed E-state index contributed by atoms with van der Waals surface area (Å²) in [4.78, 5) is 13.2. The summed E-state index contributed by atoms with van der Waals surface area (Å²) in [6.45, 7) is 4.73. The first-order chi connectivity index (χ1) is 9.04. The molecule has 1 amide bonds. The molecule has 0 aliphatic carbocycles. The number of piperidine rings is 1. The van der Waals surface area contributed by atoms with Gasteiger partial charge in [0.25, 0.3) is 5.91 Å². The van der Waals surface area contributed by atoms with Crippen molar-refractivity contribution in [1.29, 1.82) is 0 Å². The van der Waals surface area contributed by atoms with Crippen LogP contribution in [0.2, 0.25) is 5.02 Å². The first-order valence-electron chi connectivity index (χ1n) is 6.63. The van der Waals surface area contributed by atoms with Crippen LogP contribution in [0.15, 0.2) is 18.2 Å². The number of carbonyl (C=O) groups is 1. The van der Waals surface area contributed by atoms with Gasteiger partial charge in [0.15, 0.2) is 6.54 Å². The summed E-state index contributed by atoms with van der Waals surface area (Å²) < 4.78 is 12.9. The van der Waals surface area contributed by atoms with Crippen LogP contribution in [0.1, 0.15) is 19.8 Å². The molecule has 1 saturated heterocycles. The maximum atomic E-state index is 12.9. The lowest BCUT2D eigenvalue weighted by Crippen LogP contribution is -3.14. The van der Waals surface area contributed by atoms with Crippen molar-refractivity contribution in [2.75, 3.05) is 25.0 Å². The van der Waals surface area contributed by atoms with Crippen molar-refractivity contribution in [2.24, 2.45) is 5.92 Å². The van der Waals surface area contributed by atoms with E-state index in [0.717, 1.165) is 13.1 Å². The quantitative estimate of drug-likeness (QED) is 0.871. The van der Waals surface area contributed by atoms with E-state index in [-0.39, 0.29) is 10.9 Å². The van der Waals surface area contributed by atoms with Crippen molar-refractivity contribution in [1.82, 2.24) is 0 Å². The van der Waals surface area contributed by atoms with E-state index in [2.05, 4.69) is 12.2 Å². The fourth-order valence-corrected chi connectivity index (χ4v) is 2.78. The van der Waals surface area contributed by atoms with Crippen LogP contribution in [0.3, 0.4) is 0 Å². The topological polar surface area (TPSA) is 33.5 Å². The predicted octanol–water partition coefficient (Wildman–Crippen LogP) is 1.73. The Morgan fingerprint density at radius 1 is 1.58 bits per heavy atom. The highest BCUT2D eigenvalue weighted by Crippen LogP contribution is 2.22. The minimum absolute atomic E-state index is 0.0717. The van der Waals surface area contributed by atoms with Gasteiger partial charge in [-0.3, -0.25) is 4.79 Å². The van der Waals surface area contributed by atoms with Crippen molar-refractivity contribution in [3.63, 3.8) is 0 Å². The molecule has 2 atom stereocenters. The maximum absolute atomic E-state index is 12.9. The lowest BCUT2D eigenvalue weighted by Gasteiger charge is -2.27. The number of carbonyl (C=O) groups excluding carboxylic acids is 1. The number of likely N-dealkylation sites (tertiary alicyclic amines) is 1. The van der Waals surface area contributed by atoms with Crippen LogP contribution in [-0.2, 0) is 4.79 Å². The monoisotopic (exact) mass is 285 g/mol. The molecule has 104 valence electrons. The van der Waals surface area contributed by atoms with Crippen molar-refractivity contribution in [3.8, 4) is 0 Å². The zero-order valence-corrected chi connectivity index (χ0v) is 11.8. The Kier molecular flexibility index (Phi) is 4.77. The van der Waals surface area contributed by atoms with Gasteiger partial charge in [0, 0.05) is 5.92 Å². The smallest absolute Gasteiger partial charge is 0.279 e. The number of benzene rings is 1. The summed E-state index contributed by atoms with van der Waals surface area (Å²) in [5.41, 5.74) is 0.470. The minimum atomic E-state index is -0.404. The summed E-state index contributed by atoms with van der Waals surface area (Å²) in [5.74, 6) is 0.196. The lowest BCUT2D eigenvalue weighted by molar-refractivity contribution is -0.900. The van der Waals surface area contributed by atoms with Gasteiger partial charge in [-0.05, 0) is 31.0 Å². The molecule has 1 aliphatic rings. The number of anilines is 1. The van der Waals surface area contributed by atoms with Crippen LogP contribution < -0.4 is 10.2 Å². The second kappa shape index (κ2) is 6.35. The molecule has 3 nitrogen and oxygen atoms in total. The molecular weight excluding hydrogens is 267 g/mol. The van der Waals surface area contributed by atoms with Crippen LogP contribution in [0.5, 0.6) is 0 Å². The number of amides is 1. The average Bonchev–Trinajstić information content (AvgIpc) is 2.33. The van der Waals surface area contributed by atoms with Gasteiger partial charge >= 0.3 is 0 Å². The molecular formula is C14H19ClFN2O+. The van der Waals surface area contributed by atoms with E-state index in [1.807, 2.05) is 0 Å². The third kappa shape index (κ3) is 4.18. The van der Waals surface area contributed by atoms with E-state index in [1.165, 1.54) is 35.9 Å². The van der Waals surface area contributed by atoms with Crippen molar-refractivity contribution >= 4 is 23.2 Å². The molecule has 2 N–H and O–H groups in total. The van der Waals surface area contributed by atoms with Gasteiger partial charge < -0.3 is 10.2 Å². The Balaban J connectivity index is 1.90. The van der Waals surface area contributed by atoms with Gasteiger partial charge in [0.1, 0.15) is 5.82 Å². The van der Waals surface area contributed by atoms with Gasteiger partial charge in [-0.25, -0.2) is 4.39 Å². The SMILES string of the molecule is C[C@H]1CCC[NH+](CC(=O)Nc2ccc(F)cc2Cl)C1. The second-order valence-electron chi connectivity index (χ2n) is 5.30. The molecule has 19 heavy (non-hydrogen) atoms. The Labute approximate surface area is 117 Å². The van der Waals surface area contributed by atoms with E-state index in [0.29, 0.717) is 18.2 Å². The molecule has 0 saturated carbocycles. The van der Waals surface area contributed by atoms with E-state index in [4.69, 9.17) is 11.6 Å². The fraction of sp³-hybridized carbons (Fsp3) is 0.500. The summed E-state index contributed by atoms with van der Waals surface area (Å²) in [6, 6.07) is 3.98. The van der Waals surface area contributed by atoms with Crippen LogP contribution >= 0.6 is 11.6 Å². The lowest BCUT2D eigenvalue weighted by atomic mass is 10.0. The zero-order valence-electron chi connectivity index (χ0n) is 11.0. The highest BCUT2D eigenvalue weighted by atomic mass is 35.5. The molecule has 1 fully saturated rings. The number of hydrogen-bond acceptors (Lipinski definition) is 1. The molecule has 1 aromatic rings. The molecule has 1 aliphatic heterocycles. The van der Waals surface area contributed by atoms with Crippen LogP contribution in [-0.4, -0.2) is 25.5 Å². The van der Waals surface area contributed by atoms with E-state index in [9.17, 15) is 9.18 Å². The summed E-state index contributed by atoms with van der Waals surface area (Å²) in [6.07, 6.45) is 2.41. The summed E-state index contributed by atoms with van der Waals surface area (Å²) in [7, 11) is 0. The normalized spacial score (nSPS) is 23.1. The third-order valence-corrected chi connectivity index (χ3v) is 3.79. The number of hydrogen-bond donors (Lipinski definition) is 2. The van der Waals surface area contributed by atoms with Gasteiger partial charge in [-0.15, -0.1) is 0 Å². The van der Waals surface area contributed by atoms with E-state index >= 15 is 0 Å². The molecule has 0 radical (unpaired) electrons. The van der Waals surface area contributed by atoms with Crippen molar-refractivity contribution in [2.45, 2.75) is 19.8 Å². The molecule has 0 spiro atoms. The Morgan fingerprint density at radius 3 is 3.05 bits per heavy atom. The first kappa shape index (κ1) is 14.3. The molecule has 0 bridgehead atoms. The molecule has 2 rings (SSSR count). The summed E-state index contributed by atoms with van der Waals surface area (Å²) >= 11 is 5.88. The summed E-state index contributed by atoms with van der Waals surface area (Å²) in [5, 5.41) is 2.97.